The molecule has 0 saturated carbocycles. The third-order valence-corrected chi connectivity index (χ3v) is 7.09. The van der Waals surface area contributed by atoms with E-state index in [1.807, 2.05) is 46.8 Å². The molecule has 4 rings (SSSR count). The van der Waals surface area contributed by atoms with Crippen molar-refractivity contribution in [2.75, 3.05) is 0 Å². The van der Waals surface area contributed by atoms with Crippen LogP contribution >= 0.6 is 0 Å². The molecule has 3 atom stereocenters. The largest absolute Gasteiger partial charge is 0.361 e. The van der Waals surface area contributed by atoms with Crippen LogP contribution in [0.2, 0.25) is 0 Å². The van der Waals surface area contributed by atoms with E-state index >= 15 is 0 Å². The van der Waals surface area contributed by atoms with E-state index in [1.54, 1.807) is 0 Å². The second-order valence-corrected chi connectivity index (χ2v) is 10.0. The molecule has 32 heavy (non-hydrogen) atoms. The van der Waals surface area contributed by atoms with Crippen LogP contribution in [0.4, 0.5) is 0 Å². The van der Waals surface area contributed by atoms with Crippen LogP contribution in [0.3, 0.4) is 0 Å². The molecule has 2 aliphatic rings. The van der Waals surface area contributed by atoms with Crippen molar-refractivity contribution in [2.45, 2.75) is 66.5 Å². The second kappa shape index (κ2) is 7.60. The number of carbonyl (C=O) groups is 1. The maximum Gasteiger partial charge on any atom is 0.159 e. The average molecular weight is 429 g/mol. The van der Waals surface area contributed by atoms with Crippen molar-refractivity contribution < 1.29 is 9.32 Å². The fraction of sp³-hybridized carbons (Fsp3) is 0.429. The number of hydrogen-bond acceptors (Lipinski definition) is 4. The number of Topliss-reactive ketones (excluding diaryl/α,β-unsaturated/α-hetero) is 1. The number of benzene rings is 1. The fourth-order valence-electron chi connectivity index (χ4n) is 5.45. The Balaban J connectivity index is 2.00. The van der Waals surface area contributed by atoms with E-state index < -0.39 is 5.54 Å². The zero-order valence-corrected chi connectivity index (χ0v) is 20.3. The predicted octanol–water partition coefficient (Wildman–Crippen LogP) is 5.33. The monoisotopic (exact) mass is 428 g/mol. The Kier molecular flexibility index (Phi) is 5.30. The molecule has 0 radical (unpaired) electrons. The predicted molar refractivity (Wildman–Crippen MR) is 128 cm³/mol. The van der Waals surface area contributed by atoms with Gasteiger partial charge in [-0.2, -0.15) is 0 Å². The highest BCUT2D eigenvalue weighted by Gasteiger charge is 2.53. The number of rotatable bonds is 1. The molecule has 0 bridgehead atoms. The molecule has 166 valence electrons. The van der Waals surface area contributed by atoms with Crippen LogP contribution in [0, 0.1) is 44.4 Å². The standard InChI is InChI=1S/C28H32N2O2/c1-16-10-9-11-21(14-16)12-13-22-23(24-19(4)29-32-20(24)5)15-17(2)28(8)25(22)18(3)26(31)27(6,7)30-28/h9-11,14-15,17-18,30H,1-8H3/t17?,18-,28?/m0/s1. The highest BCUT2D eigenvalue weighted by Crippen LogP contribution is 2.48. The Labute approximate surface area is 191 Å². The molecule has 1 aliphatic heterocycles. The van der Waals surface area contributed by atoms with Crippen molar-refractivity contribution in [3.63, 3.8) is 0 Å². The van der Waals surface area contributed by atoms with Gasteiger partial charge in [0, 0.05) is 28.2 Å². The van der Waals surface area contributed by atoms with Gasteiger partial charge in [-0.05, 0) is 76.3 Å². The minimum Gasteiger partial charge on any atom is -0.361 e. The van der Waals surface area contributed by atoms with Gasteiger partial charge in [0.1, 0.15) is 5.76 Å². The first-order valence-electron chi connectivity index (χ1n) is 11.3. The summed E-state index contributed by atoms with van der Waals surface area (Å²) in [6.07, 6.45) is 2.27. The van der Waals surface area contributed by atoms with Crippen LogP contribution in [0.1, 0.15) is 62.8 Å². The molecule has 0 spiro atoms. The molecule has 1 aromatic carbocycles. The summed E-state index contributed by atoms with van der Waals surface area (Å²) < 4.78 is 5.51. The van der Waals surface area contributed by atoms with Crippen molar-refractivity contribution in [3.05, 3.63) is 69.6 Å². The molecule has 0 amide bonds. The third-order valence-electron chi connectivity index (χ3n) is 7.09. The van der Waals surface area contributed by atoms with E-state index in [9.17, 15) is 4.79 Å². The van der Waals surface area contributed by atoms with Gasteiger partial charge < -0.3 is 4.52 Å². The van der Waals surface area contributed by atoms with Crippen LogP contribution in [0.25, 0.3) is 5.57 Å². The molecule has 4 nitrogen and oxygen atoms in total. The number of hydrogen-bond donors (Lipinski definition) is 1. The lowest BCUT2D eigenvalue weighted by Crippen LogP contribution is -2.68. The van der Waals surface area contributed by atoms with Crippen molar-refractivity contribution in [1.29, 1.82) is 0 Å². The van der Waals surface area contributed by atoms with Crippen LogP contribution in [-0.2, 0) is 4.79 Å². The van der Waals surface area contributed by atoms with Gasteiger partial charge in [0.15, 0.2) is 5.78 Å². The smallest absolute Gasteiger partial charge is 0.159 e. The number of allylic oxidation sites excluding steroid dienone is 2. The number of aryl methyl sites for hydroxylation is 3. The van der Waals surface area contributed by atoms with E-state index in [1.165, 1.54) is 5.56 Å². The highest BCUT2D eigenvalue weighted by molar-refractivity contribution is 5.97. The molecular formula is C28H32N2O2. The molecule has 4 heteroatoms. The van der Waals surface area contributed by atoms with Gasteiger partial charge in [0.2, 0.25) is 0 Å². The number of aromatic nitrogens is 1. The molecule has 1 aromatic heterocycles. The molecule has 1 N–H and O–H groups in total. The fourth-order valence-corrected chi connectivity index (χ4v) is 5.45. The molecule has 1 saturated heterocycles. The Morgan fingerprint density at radius 3 is 2.44 bits per heavy atom. The SMILES string of the molecule is Cc1cccc(C#CC2=C3[C@H](C)C(=O)C(C)(C)NC3(C)C(C)C=C2c2c(C)noc2C)c1. The summed E-state index contributed by atoms with van der Waals surface area (Å²) in [6.45, 7) is 16.3. The number of ketones is 1. The molecule has 1 fully saturated rings. The molecule has 1 aliphatic carbocycles. The second-order valence-electron chi connectivity index (χ2n) is 10.0. The Morgan fingerprint density at radius 1 is 1.09 bits per heavy atom. The first-order valence-corrected chi connectivity index (χ1v) is 11.3. The Hall–Kier alpha value is -2.90. The third kappa shape index (κ3) is 3.45. The quantitative estimate of drug-likeness (QED) is 0.624. The summed E-state index contributed by atoms with van der Waals surface area (Å²) in [7, 11) is 0. The van der Waals surface area contributed by atoms with Gasteiger partial charge in [-0.3, -0.25) is 10.1 Å². The van der Waals surface area contributed by atoms with Gasteiger partial charge >= 0.3 is 0 Å². The summed E-state index contributed by atoms with van der Waals surface area (Å²) in [5.41, 5.74) is 5.94. The van der Waals surface area contributed by atoms with Gasteiger partial charge in [0.05, 0.1) is 11.2 Å². The maximum atomic E-state index is 13.3. The summed E-state index contributed by atoms with van der Waals surface area (Å²) in [6, 6.07) is 8.19. The van der Waals surface area contributed by atoms with Crippen molar-refractivity contribution in [1.82, 2.24) is 10.5 Å². The lowest BCUT2D eigenvalue weighted by atomic mass is 9.61. The van der Waals surface area contributed by atoms with Gasteiger partial charge in [-0.15, -0.1) is 0 Å². The summed E-state index contributed by atoms with van der Waals surface area (Å²) in [5.74, 6) is 7.71. The van der Waals surface area contributed by atoms with E-state index in [0.717, 1.165) is 39.3 Å². The zero-order chi connectivity index (χ0) is 23.4. The molecule has 2 heterocycles. The highest BCUT2D eigenvalue weighted by atomic mass is 16.5. The van der Waals surface area contributed by atoms with E-state index in [4.69, 9.17) is 4.52 Å². The van der Waals surface area contributed by atoms with Gasteiger partial charge in [0.25, 0.3) is 0 Å². The first-order chi connectivity index (χ1) is 15.0. The molecule has 2 aromatic rings. The number of carbonyl (C=O) groups excluding carboxylic acids is 1. The number of piperidine rings is 1. The topological polar surface area (TPSA) is 55.1 Å². The summed E-state index contributed by atoms with van der Waals surface area (Å²) >= 11 is 0. The maximum absolute atomic E-state index is 13.3. The molecule has 2 unspecified atom stereocenters. The van der Waals surface area contributed by atoms with E-state index in [-0.39, 0.29) is 23.2 Å². The van der Waals surface area contributed by atoms with E-state index in [0.29, 0.717) is 0 Å². The van der Waals surface area contributed by atoms with Crippen LogP contribution in [0.5, 0.6) is 0 Å². The van der Waals surface area contributed by atoms with E-state index in [2.05, 4.69) is 61.3 Å². The zero-order valence-electron chi connectivity index (χ0n) is 20.3. The minimum atomic E-state index is -0.602. The lowest BCUT2D eigenvalue weighted by Gasteiger charge is -2.52. The van der Waals surface area contributed by atoms with Crippen molar-refractivity contribution in [3.8, 4) is 11.8 Å². The van der Waals surface area contributed by atoms with Crippen LogP contribution in [-0.4, -0.2) is 22.0 Å². The number of nitrogens with zero attached hydrogens (tertiary/aromatic N) is 1. The van der Waals surface area contributed by atoms with Gasteiger partial charge in [-0.1, -0.05) is 49.1 Å². The number of fused-ring (bicyclic) bond motifs is 1. The average Bonchev–Trinajstić information content (AvgIpc) is 3.04. The summed E-state index contributed by atoms with van der Waals surface area (Å²) in [4.78, 5) is 13.3. The van der Waals surface area contributed by atoms with Crippen molar-refractivity contribution in [2.24, 2.45) is 11.8 Å². The van der Waals surface area contributed by atoms with Crippen LogP contribution < -0.4 is 5.32 Å². The van der Waals surface area contributed by atoms with Gasteiger partial charge in [-0.25, -0.2) is 0 Å². The Morgan fingerprint density at radius 2 is 1.81 bits per heavy atom. The number of nitrogens with one attached hydrogen (secondary N) is 1. The van der Waals surface area contributed by atoms with Crippen molar-refractivity contribution >= 4 is 11.4 Å². The van der Waals surface area contributed by atoms with Crippen LogP contribution in [0.15, 0.2) is 46.0 Å². The Bertz CT molecular complexity index is 1210. The summed E-state index contributed by atoms with van der Waals surface area (Å²) in [5, 5.41) is 7.86. The minimum absolute atomic E-state index is 0.153. The normalized spacial score (nSPS) is 26.9. The lowest BCUT2D eigenvalue weighted by molar-refractivity contribution is -0.130. The molecular weight excluding hydrogens is 396 g/mol. The first kappa shape index (κ1) is 22.3.